The molecule has 1 amide bonds. The lowest BCUT2D eigenvalue weighted by atomic mass is 10.3. The van der Waals surface area contributed by atoms with E-state index in [-0.39, 0.29) is 17.2 Å². The molecular formula is C16H13Cl2N7O. The molecule has 5 N–H and O–H groups in total. The summed E-state index contributed by atoms with van der Waals surface area (Å²) in [4.78, 5) is 24.0. The van der Waals surface area contributed by atoms with Crippen molar-refractivity contribution in [1.29, 1.82) is 0 Å². The quantitative estimate of drug-likeness (QED) is 0.494. The first-order chi connectivity index (χ1) is 12.5. The Bertz CT molecular complexity index is 937. The fourth-order valence-corrected chi connectivity index (χ4v) is 2.33. The van der Waals surface area contributed by atoms with E-state index in [9.17, 15) is 4.79 Å². The van der Waals surface area contributed by atoms with Crippen LogP contribution in [-0.2, 0) is 0 Å². The van der Waals surface area contributed by atoms with Gasteiger partial charge in [-0.15, -0.1) is 0 Å². The van der Waals surface area contributed by atoms with Gasteiger partial charge in [-0.3, -0.25) is 20.6 Å². The van der Waals surface area contributed by atoms with Gasteiger partial charge >= 0.3 is 0 Å². The number of hydrazine groups is 1. The number of benzene rings is 1. The maximum atomic E-state index is 12.0. The highest BCUT2D eigenvalue weighted by molar-refractivity contribution is 6.35. The number of pyridine rings is 1. The highest BCUT2D eigenvalue weighted by Gasteiger charge is 2.12. The summed E-state index contributed by atoms with van der Waals surface area (Å²) in [6, 6.07) is 9.95. The molecule has 1 aromatic carbocycles. The number of rotatable bonds is 5. The van der Waals surface area contributed by atoms with Crippen molar-refractivity contribution < 1.29 is 4.79 Å². The fourth-order valence-electron chi connectivity index (χ4n) is 1.99. The van der Waals surface area contributed by atoms with Crippen LogP contribution in [0.25, 0.3) is 0 Å². The molecule has 0 saturated carbocycles. The third-order valence-corrected chi connectivity index (χ3v) is 3.82. The second-order valence-electron chi connectivity index (χ2n) is 5.03. The van der Waals surface area contributed by atoms with Gasteiger partial charge in [0, 0.05) is 11.2 Å². The lowest BCUT2D eigenvalue weighted by Gasteiger charge is -2.13. The van der Waals surface area contributed by atoms with Crippen molar-refractivity contribution >= 4 is 52.1 Å². The van der Waals surface area contributed by atoms with Crippen LogP contribution in [0.3, 0.4) is 0 Å². The Hall–Kier alpha value is -3.10. The van der Waals surface area contributed by atoms with Gasteiger partial charge in [-0.05, 0) is 30.3 Å². The van der Waals surface area contributed by atoms with Crippen LogP contribution in [0.5, 0.6) is 0 Å². The molecule has 26 heavy (non-hydrogen) atoms. The van der Waals surface area contributed by atoms with Gasteiger partial charge in [-0.25, -0.2) is 9.97 Å². The minimum absolute atomic E-state index is 0.185. The van der Waals surface area contributed by atoms with Gasteiger partial charge in [0.1, 0.15) is 17.7 Å². The predicted octanol–water partition coefficient (Wildman–Crippen LogP) is 3.26. The van der Waals surface area contributed by atoms with E-state index in [1.165, 1.54) is 12.5 Å². The van der Waals surface area contributed by atoms with Gasteiger partial charge in [0.25, 0.3) is 5.91 Å². The molecule has 10 heteroatoms. The molecule has 0 saturated heterocycles. The van der Waals surface area contributed by atoms with Crippen LogP contribution in [0.4, 0.5) is 23.0 Å². The van der Waals surface area contributed by atoms with Crippen LogP contribution in [0, 0.1) is 0 Å². The van der Waals surface area contributed by atoms with Gasteiger partial charge < -0.3 is 11.1 Å². The Morgan fingerprint density at radius 1 is 1.04 bits per heavy atom. The van der Waals surface area contributed by atoms with Crippen molar-refractivity contribution in [3.8, 4) is 0 Å². The zero-order valence-corrected chi connectivity index (χ0v) is 14.7. The monoisotopic (exact) mass is 389 g/mol. The van der Waals surface area contributed by atoms with Gasteiger partial charge in [0.15, 0.2) is 11.6 Å². The zero-order chi connectivity index (χ0) is 18.5. The standard InChI is InChI=1S/C16H13Cl2N7O/c17-9-4-5-10(18)12(7-9)23-14-13(19)15(22-8-21-14)24-25-16(26)11-3-1-2-6-20-11/h1-8H,19H2,(H,25,26)(H2,21,22,23,24). The molecule has 0 radical (unpaired) electrons. The molecule has 0 bridgehead atoms. The number of halogens is 2. The Morgan fingerprint density at radius 3 is 2.62 bits per heavy atom. The molecule has 2 heterocycles. The van der Waals surface area contributed by atoms with Crippen molar-refractivity contribution in [2.75, 3.05) is 16.5 Å². The molecular weight excluding hydrogens is 377 g/mol. The van der Waals surface area contributed by atoms with Crippen molar-refractivity contribution in [2.45, 2.75) is 0 Å². The minimum Gasteiger partial charge on any atom is -0.393 e. The first-order valence-electron chi connectivity index (χ1n) is 7.34. The van der Waals surface area contributed by atoms with Crippen LogP contribution in [0.2, 0.25) is 10.0 Å². The highest BCUT2D eigenvalue weighted by atomic mass is 35.5. The van der Waals surface area contributed by atoms with E-state index in [1.807, 2.05) is 0 Å². The van der Waals surface area contributed by atoms with Gasteiger partial charge in [0.2, 0.25) is 0 Å². The fraction of sp³-hybridized carbons (Fsp3) is 0. The highest BCUT2D eigenvalue weighted by Crippen LogP contribution is 2.31. The number of hydrogen-bond acceptors (Lipinski definition) is 7. The van der Waals surface area contributed by atoms with Crippen LogP contribution in [-0.4, -0.2) is 20.9 Å². The van der Waals surface area contributed by atoms with Gasteiger partial charge in [-0.1, -0.05) is 29.3 Å². The van der Waals surface area contributed by atoms with Gasteiger partial charge in [0.05, 0.1) is 10.7 Å². The van der Waals surface area contributed by atoms with Crippen molar-refractivity contribution in [3.63, 3.8) is 0 Å². The number of nitrogens with one attached hydrogen (secondary N) is 3. The normalized spacial score (nSPS) is 10.2. The first kappa shape index (κ1) is 17.7. The summed E-state index contributed by atoms with van der Waals surface area (Å²) >= 11 is 12.1. The van der Waals surface area contributed by atoms with Crippen molar-refractivity contribution in [1.82, 2.24) is 20.4 Å². The van der Waals surface area contributed by atoms with E-state index in [4.69, 9.17) is 28.9 Å². The van der Waals surface area contributed by atoms with E-state index < -0.39 is 5.91 Å². The molecule has 0 aliphatic heterocycles. The maximum Gasteiger partial charge on any atom is 0.288 e. The molecule has 8 nitrogen and oxygen atoms in total. The molecule has 0 unspecified atom stereocenters. The summed E-state index contributed by atoms with van der Waals surface area (Å²) in [5.74, 6) is 0.0830. The number of anilines is 4. The molecule has 0 fully saturated rings. The second-order valence-corrected chi connectivity index (χ2v) is 5.87. The minimum atomic E-state index is -0.434. The van der Waals surface area contributed by atoms with Crippen LogP contribution in [0.15, 0.2) is 48.9 Å². The lowest BCUT2D eigenvalue weighted by molar-refractivity contribution is 0.0957. The molecule has 0 spiro atoms. The Balaban J connectivity index is 1.75. The summed E-state index contributed by atoms with van der Waals surface area (Å²) in [5.41, 5.74) is 12.1. The van der Waals surface area contributed by atoms with E-state index >= 15 is 0 Å². The topological polar surface area (TPSA) is 118 Å². The number of carbonyl (C=O) groups is 1. The van der Waals surface area contributed by atoms with Crippen LogP contribution >= 0.6 is 23.2 Å². The summed E-state index contributed by atoms with van der Waals surface area (Å²) < 4.78 is 0. The molecule has 0 aliphatic rings. The van der Waals surface area contributed by atoms with Crippen molar-refractivity contribution in [3.05, 3.63) is 64.7 Å². The summed E-state index contributed by atoms with van der Waals surface area (Å²) in [6.07, 6.45) is 2.80. The largest absolute Gasteiger partial charge is 0.393 e. The van der Waals surface area contributed by atoms with Crippen LogP contribution < -0.4 is 21.9 Å². The smallest absolute Gasteiger partial charge is 0.288 e. The molecule has 2 aromatic heterocycles. The predicted molar refractivity (Wildman–Crippen MR) is 102 cm³/mol. The summed E-state index contributed by atoms with van der Waals surface area (Å²) in [5, 5.41) is 3.94. The van der Waals surface area contributed by atoms with E-state index in [0.717, 1.165) is 0 Å². The number of hydrogen-bond donors (Lipinski definition) is 4. The Labute approximate surface area is 158 Å². The summed E-state index contributed by atoms with van der Waals surface area (Å²) in [7, 11) is 0. The average Bonchev–Trinajstić information content (AvgIpc) is 2.66. The third kappa shape index (κ3) is 4.11. The lowest BCUT2D eigenvalue weighted by Crippen LogP contribution is -2.31. The number of aromatic nitrogens is 3. The third-order valence-electron chi connectivity index (χ3n) is 3.26. The van der Waals surface area contributed by atoms with E-state index in [0.29, 0.717) is 21.6 Å². The average molecular weight is 390 g/mol. The molecule has 0 aliphatic carbocycles. The second kappa shape index (κ2) is 7.85. The van der Waals surface area contributed by atoms with E-state index in [2.05, 4.69) is 31.1 Å². The number of nitrogens with two attached hydrogens (primary N) is 1. The first-order valence-corrected chi connectivity index (χ1v) is 8.10. The van der Waals surface area contributed by atoms with Crippen LogP contribution in [0.1, 0.15) is 10.5 Å². The SMILES string of the molecule is Nc1c(NNC(=O)c2ccccn2)ncnc1Nc1cc(Cl)ccc1Cl. The molecule has 3 rings (SSSR count). The molecule has 3 aromatic rings. The summed E-state index contributed by atoms with van der Waals surface area (Å²) in [6.45, 7) is 0. The number of amides is 1. The zero-order valence-electron chi connectivity index (χ0n) is 13.2. The Kier molecular flexibility index (Phi) is 5.35. The maximum absolute atomic E-state index is 12.0. The van der Waals surface area contributed by atoms with Crippen molar-refractivity contribution in [2.24, 2.45) is 0 Å². The number of nitrogen functional groups attached to an aromatic ring is 1. The molecule has 0 atom stereocenters. The molecule has 132 valence electrons. The number of nitrogens with zero attached hydrogens (tertiary/aromatic N) is 3. The Morgan fingerprint density at radius 2 is 1.85 bits per heavy atom. The van der Waals surface area contributed by atoms with Gasteiger partial charge in [-0.2, -0.15) is 0 Å². The number of carbonyl (C=O) groups excluding carboxylic acids is 1. The van der Waals surface area contributed by atoms with E-state index in [1.54, 1.807) is 36.4 Å².